The van der Waals surface area contributed by atoms with Crippen LogP contribution in [0, 0.1) is 0 Å². The van der Waals surface area contributed by atoms with Gasteiger partial charge in [0.05, 0.1) is 23.8 Å². The molecule has 0 aromatic carbocycles. The highest BCUT2D eigenvalue weighted by molar-refractivity contribution is 5.96. The van der Waals surface area contributed by atoms with Crippen LogP contribution in [-0.2, 0) is 4.74 Å². The second-order valence-electron chi connectivity index (χ2n) is 6.03. The first-order valence-corrected chi connectivity index (χ1v) is 7.45. The van der Waals surface area contributed by atoms with Crippen LogP contribution in [0.15, 0.2) is 17.1 Å². The Morgan fingerprint density at radius 3 is 2.86 bits per heavy atom. The van der Waals surface area contributed by atoms with Gasteiger partial charge in [-0.25, -0.2) is 0 Å². The van der Waals surface area contributed by atoms with Gasteiger partial charge in [-0.3, -0.25) is 9.59 Å². The van der Waals surface area contributed by atoms with Crippen LogP contribution in [0.5, 0.6) is 5.75 Å². The molecule has 2 fully saturated rings. The molecular formula is C15H20N2O4. The number of pyridine rings is 1. The van der Waals surface area contributed by atoms with Gasteiger partial charge in [0.15, 0.2) is 0 Å². The normalized spacial score (nSPS) is 24.1. The van der Waals surface area contributed by atoms with Crippen molar-refractivity contribution in [2.24, 2.45) is 0 Å². The lowest BCUT2D eigenvalue weighted by molar-refractivity contribution is -0.0246. The zero-order chi connectivity index (χ0) is 14.9. The summed E-state index contributed by atoms with van der Waals surface area (Å²) in [5, 5.41) is 12.5. The van der Waals surface area contributed by atoms with Crippen molar-refractivity contribution in [3.63, 3.8) is 0 Å². The zero-order valence-electron chi connectivity index (χ0n) is 11.9. The maximum Gasteiger partial charge on any atom is 0.256 e. The van der Waals surface area contributed by atoms with Crippen LogP contribution >= 0.6 is 0 Å². The summed E-state index contributed by atoms with van der Waals surface area (Å²) in [7, 11) is 0. The van der Waals surface area contributed by atoms with E-state index in [1.807, 2.05) is 0 Å². The molecule has 6 nitrogen and oxygen atoms in total. The van der Waals surface area contributed by atoms with Gasteiger partial charge in [-0.05, 0) is 19.3 Å². The van der Waals surface area contributed by atoms with Gasteiger partial charge < -0.3 is 20.1 Å². The first-order valence-electron chi connectivity index (χ1n) is 7.45. The smallest absolute Gasteiger partial charge is 0.256 e. The predicted octanol–water partition coefficient (Wildman–Crippen LogP) is 1.30. The Morgan fingerprint density at radius 1 is 1.38 bits per heavy atom. The van der Waals surface area contributed by atoms with Crippen molar-refractivity contribution in [2.75, 3.05) is 6.61 Å². The van der Waals surface area contributed by atoms with Crippen LogP contribution in [0.1, 0.15) is 48.9 Å². The highest BCUT2D eigenvalue weighted by Gasteiger charge is 2.41. The first kappa shape index (κ1) is 14.1. The number of amides is 1. The van der Waals surface area contributed by atoms with E-state index >= 15 is 0 Å². The van der Waals surface area contributed by atoms with Crippen LogP contribution in [0.3, 0.4) is 0 Å². The molecule has 6 heteroatoms. The molecule has 1 atom stereocenters. The number of ether oxygens (including phenoxy) is 1. The Labute approximate surface area is 122 Å². The first-order chi connectivity index (χ1) is 10.1. The van der Waals surface area contributed by atoms with Crippen LogP contribution in [0.4, 0.5) is 0 Å². The minimum atomic E-state index is -0.436. The molecule has 3 N–H and O–H groups in total. The molecule has 2 heterocycles. The molecule has 1 saturated heterocycles. The molecule has 0 bridgehead atoms. The number of aromatic nitrogens is 1. The summed E-state index contributed by atoms with van der Waals surface area (Å²) >= 11 is 0. The van der Waals surface area contributed by atoms with Crippen molar-refractivity contribution in [3.8, 4) is 5.75 Å². The number of carbonyl (C=O) groups excluding carboxylic acids is 1. The van der Waals surface area contributed by atoms with Crippen molar-refractivity contribution in [2.45, 2.75) is 50.2 Å². The third-order valence-electron chi connectivity index (χ3n) is 4.46. The number of rotatable bonds is 2. The number of carbonyl (C=O) groups is 1. The molecule has 1 aliphatic heterocycles. The van der Waals surface area contributed by atoms with E-state index in [0.29, 0.717) is 6.61 Å². The van der Waals surface area contributed by atoms with Gasteiger partial charge >= 0.3 is 0 Å². The Balaban J connectivity index is 1.64. The molecule has 3 rings (SSSR count). The highest BCUT2D eigenvalue weighted by Crippen LogP contribution is 2.39. The fourth-order valence-electron chi connectivity index (χ4n) is 3.39. The monoisotopic (exact) mass is 292 g/mol. The number of aromatic hydroxyl groups is 1. The molecule has 1 amide bonds. The van der Waals surface area contributed by atoms with Crippen LogP contribution in [-0.4, -0.2) is 34.2 Å². The van der Waals surface area contributed by atoms with Crippen molar-refractivity contribution < 1.29 is 14.6 Å². The van der Waals surface area contributed by atoms with Crippen molar-refractivity contribution >= 4 is 5.91 Å². The molecule has 1 spiro atoms. The molecule has 114 valence electrons. The fourth-order valence-corrected chi connectivity index (χ4v) is 3.39. The van der Waals surface area contributed by atoms with Gasteiger partial charge in [-0.15, -0.1) is 0 Å². The lowest BCUT2D eigenvalue weighted by atomic mass is 9.82. The van der Waals surface area contributed by atoms with Gasteiger partial charge in [0.2, 0.25) is 0 Å². The lowest BCUT2D eigenvalue weighted by Crippen LogP contribution is -2.37. The van der Waals surface area contributed by atoms with E-state index in [1.165, 1.54) is 25.5 Å². The fraction of sp³-hybridized carbons (Fsp3) is 0.600. The predicted molar refractivity (Wildman–Crippen MR) is 76.4 cm³/mol. The van der Waals surface area contributed by atoms with E-state index in [-0.39, 0.29) is 28.9 Å². The maximum atomic E-state index is 12.2. The van der Waals surface area contributed by atoms with E-state index in [0.717, 1.165) is 25.3 Å². The highest BCUT2D eigenvalue weighted by atomic mass is 16.5. The van der Waals surface area contributed by atoms with E-state index in [9.17, 15) is 14.7 Å². The maximum absolute atomic E-state index is 12.2. The van der Waals surface area contributed by atoms with Gasteiger partial charge in [0, 0.05) is 12.3 Å². The van der Waals surface area contributed by atoms with E-state index < -0.39 is 5.56 Å². The van der Waals surface area contributed by atoms with E-state index in [4.69, 9.17) is 4.74 Å². The summed E-state index contributed by atoms with van der Waals surface area (Å²) in [5.74, 6) is -0.687. The van der Waals surface area contributed by atoms with Gasteiger partial charge in [0.1, 0.15) is 5.75 Å². The third-order valence-corrected chi connectivity index (χ3v) is 4.46. The Kier molecular flexibility index (Phi) is 3.71. The topological polar surface area (TPSA) is 91.4 Å². The molecule has 0 unspecified atom stereocenters. The molecule has 1 aliphatic carbocycles. The number of aromatic amines is 1. The zero-order valence-corrected chi connectivity index (χ0v) is 11.9. The minimum absolute atomic E-state index is 0.0399. The van der Waals surface area contributed by atoms with Gasteiger partial charge in [-0.1, -0.05) is 19.3 Å². The van der Waals surface area contributed by atoms with Crippen LogP contribution in [0.25, 0.3) is 0 Å². The average molecular weight is 292 g/mol. The molecule has 0 radical (unpaired) electrons. The van der Waals surface area contributed by atoms with Crippen LogP contribution in [0.2, 0.25) is 0 Å². The van der Waals surface area contributed by atoms with Crippen molar-refractivity contribution in [1.29, 1.82) is 0 Å². The second kappa shape index (κ2) is 5.52. The SMILES string of the molecule is O=C(N[C@H]1COC2(CCCCC2)C1)c1c[nH]c(=O)cc1O. The summed E-state index contributed by atoms with van der Waals surface area (Å²) in [6, 6.07) is 0.963. The average Bonchev–Trinajstić information content (AvgIpc) is 2.82. The second-order valence-corrected chi connectivity index (χ2v) is 6.03. The Hall–Kier alpha value is -1.82. The van der Waals surface area contributed by atoms with Gasteiger partial charge in [0.25, 0.3) is 11.5 Å². The Bertz CT molecular complexity index is 590. The largest absolute Gasteiger partial charge is 0.507 e. The summed E-state index contributed by atoms with van der Waals surface area (Å²) in [6.07, 6.45) is 7.80. The third kappa shape index (κ3) is 2.95. The lowest BCUT2D eigenvalue weighted by Gasteiger charge is -2.32. The Morgan fingerprint density at radius 2 is 2.14 bits per heavy atom. The molecular weight excluding hydrogens is 272 g/mol. The van der Waals surface area contributed by atoms with E-state index in [1.54, 1.807) is 0 Å². The molecule has 21 heavy (non-hydrogen) atoms. The molecule has 1 aromatic rings. The quantitative estimate of drug-likeness (QED) is 0.766. The number of hydrogen-bond donors (Lipinski definition) is 3. The summed E-state index contributed by atoms with van der Waals surface area (Å²) in [5.41, 5.74) is -0.419. The summed E-state index contributed by atoms with van der Waals surface area (Å²) in [4.78, 5) is 25.6. The molecule has 1 aromatic heterocycles. The number of H-pyrrole nitrogens is 1. The minimum Gasteiger partial charge on any atom is -0.507 e. The van der Waals surface area contributed by atoms with Crippen molar-refractivity contribution in [3.05, 3.63) is 28.2 Å². The van der Waals surface area contributed by atoms with Crippen molar-refractivity contribution in [1.82, 2.24) is 10.3 Å². The van der Waals surface area contributed by atoms with E-state index in [2.05, 4.69) is 10.3 Å². The summed E-state index contributed by atoms with van der Waals surface area (Å²) < 4.78 is 5.95. The number of nitrogens with one attached hydrogen (secondary N) is 2. The van der Waals surface area contributed by atoms with Crippen LogP contribution < -0.4 is 10.9 Å². The number of hydrogen-bond acceptors (Lipinski definition) is 4. The van der Waals surface area contributed by atoms with Gasteiger partial charge in [-0.2, -0.15) is 0 Å². The summed E-state index contributed by atoms with van der Waals surface area (Å²) in [6.45, 7) is 0.510. The standard InChI is InChI=1S/C15H20N2O4/c18-12-6-13(19)16-8-11(12)14(20)17-10-7-15(21-9-10)4-2-1-3-5-15/h6,8,10H,1-5,7,9H2,(H,17,20)(H2,16,18,19)/t10-/m1/s1. The molecule has 1 saturated carbocycles. The molecule has 2 aliphatic rings.